The molecule has 0 amide bonds. The van der Waals surface area contributed by atoms with E-state index >= 15 is 0 Å². The summed E-state index contributed by atoms with van der Waals surface area (Å²) in [5.74, 6) is 0.146. The second-order valence-electron chi connectivity index (χ2n) is 3.32. The average molecular weight is 174 g/mol. The van der Waals surface area contributed by atoms with Crippen molar-refractivity contribution < 1.29 is 14.3 Å². The number of Topliss-reactive ketones (excluding diaryl/α,β-unsaturated/α-hetero) is 1. The highest BCUT2D eigenvalue weighted by Crippen LogP contribution is 2.21. The lowest BCUT2D eigenvalue weighted by molar-refractivity contribution is -0.148. The molecule has 0 aromatic heterocycles. The van der Waals surface area contributed by atoms with Gasteiger partial charge >= 0.3 is 0 Å². The standard InChI is InChI=1S/C9H18O3/c1-7(2)9(3,12-5)8(10)6-11-4/h7H,6H2,1-5H3. The van der Waals surface area contributed by atoms with E-state index in [1.54, 1.807) is 14.0 Å². The molecule has 0 spiro atoms. The van der Waals surface area contributed by atoms with Gasteiger partial charge in [0, 0.05) is 14.2 Å². The van der Waals surface area contributed by atoms with Gasteiger partial charge in [0.1, 0.15) is 12.2 Å². The molecular formula is C9H18O3. The smallest absolute Gasteiger partial charge is 0.190 e. The van der Waals surface area contributed by atoms with Crippen LogP contribution in [-0.4, -0.2) is 32.2 Å². The second kappa shape index (κ2) is 4.58. The second-order valence-corrected chi connectivity index (χ2v) is 3.32. The molecule has 0 rings (SSSR count). The SMILES string of the molecule is COCC(=O)C(C)(OC)C(C)C. The maximum atomic E-state index is 11.5. The molecule has 72 valence electrons. The van der Waals surface area contributed by atoms with Gasteiger partial charge in [-0.3, -0.25) is 4.79 Å². The minimum Gasteiger partial charge on any atom is -0.377 e. The van der Waals surface area contributed by atoms with Crippen LogP contribution in [0.2, 0.25) is 0 Å². The fourth-order valence-electron chi connectivity index (χ4n) is 0.946. The summed E-state index contributed by atoms with van der Waals surface area (Å²) < 4.78 is 9.96. The maximum Gasteiger partial charge on any atom is 0.190 e. The Morgan fingerprint density at radius 1 is 1.42 bits per heavy atom. The predicted molar refractivity (Wildman–Crippen MR) is 47.1 cm³/mol. The van der Waals surface area contributed by atoms with Crippen LogP contribution in [0.25, 0.3) is 0 Å². The van der Waals surface area contributed by atoms with E-state index in [0.717, 1.165) is 0 Å². The van der Waals surface area contributed by atoms with Gasteiger partial charge in [0.2, 0.25) is 0 Å². The third-order valence-electron chi connectivity index (χ3n) is 2.35. The summed E-state index contributed by atoms with van der Waals surface area (Å²) in [4.78, 5) is 11.5. The van der Waals surface area contributed by atoms with Gasteiger partial charge in [-0.2, -0.15) is 0 Å². The highest BCUT2D eigenvalue weighted by atomic mass is 16.5. The lowest BCUT2D eigenvalue weighted by Crippen LogP contribution is -2.44. The van der Waals surface area contributed by atoms with Crippen LogP contribution in [0.4, 0.5) is 0 Å². The maximum absolute atomic E-state index is 11.5. The van der Waals surface area contributed by atoms with Crippen LogP contribution >= 0.6 is 0 Å². The topological polar surface area (TPSA) is 35.5 Å². The molecule has 0 aliphatic carbocycles. The zero-order valence-corrected chi connectivity index (χ0v) is 8.51. The largest absolute Gasteiger partial charge is 0.377 e. The van der Waals surface area contributed by atoms with Crippen LogP contribution in [0.1, 0.15) is 20.8 Å². The molecule has 1 atom stereocenters. The molecule has 0 heterocycles. The van der Waals surface area contributed by atoms with Crippen molar-refractivity contribution in [3.63, 3.8) is 0 Å². The predicted octanol–water partition coefficient (Wildman–Crippen LogP) is 1.26. The van der Waals surface area contributed by atoms with Crippen LogP contribution in [0.5, 0.6) is 0 Å². The summed E-state index contributed by atoms with van der Waals surface area (Å²) in [5, 5.41) is 0. The van der Waals surface area contributed by atoms with Crippen LogP contribution < -0.4 is 0 Å². The molecule has 0 aromatic carbocycles. The molecule has 0 saturated heterocycles. The Kier molecular flexibility index (Phi) is 4.42. The third-order valence-corrected chi connectivity index (χ3v) is 2.35. The quantitative estimate of drug-likeness (QED) is 0.629. The fraction of sp³-hybridized carbons (Fsp3) is 0.889. The van der Waals surface area contributed by atoms with Gasteiger partial charge in [0.05, 0.1) is 0 Å². The van der Waals surface area contributed by atoms with Gasteiger partial charge in [-0.1, -0.05) is 13.8 Å². The highest BCUT2D eigenvalue weighted by Gasteiger charge is 2.35. The molecule has 0 N–H and O–H groups in total. The zero-order chi connectivity index (χ0) is 9.78. The summed E-state index contributed by atoms with van der Waals surface area (Å²) in [5.41, 5.74) is -0.712. The minimum atomic E-state index is -0.712. The highest BCUT2D eigenvalue weighted by molar-refractivity contribution is 5.88. The van der Waals surface area contributed by atoms with E-state index in [2.05, 4.69) is 0 Å². The first-order valence-electron chi connectivity index (χ1n) is 4.06. The van der Waals surface area contributed by atoms with E-state index in [-0.39, 0.29) is 18.3 Å². The Labute approximate surface area is 74.0 Å². The van der Waals surface area contributed by atoms with Crippen molar-refractivity contribution in [2.45, 2.75) is 26.4 Å². The number of rotatable bonds is 5. The van der Waals surface area contributed by atoms with Gasteiger partial charge in [-0.25, -0.2) is 0 Å². The third kappa shape index (κ3) is 2.29. The number of carbonyl (C=O) groups excluding carboxylic acids is 1. The number of ketones is 1. The molecule has 0 bridgehead atoms. The molecule has 0 aliphatic heterocycles. The van der Waals surface area contributed by atoms with E-state index in [1.165, 1.54) is 7.11 Å². The number of methoxy groups -OCH3 is 2. The molecule has 3 nitrogen and oxygen atoms in total. The average Bonchev–Trinajstić information content (AvgIpc) is 2.03. The van der Waals surface area contributed by atoms with E-state index in [1.807, 2.05) is 13.8 Å². The Bertz CT molecular complexity index is 154. The number of ether oxygens (including phenoxy) is 2. The van der Waals surface area contributed by atoms with Crippen LogP contribution in [-0.2, 0) is 14.3 Å². The van der Waals surface area contributed by atoms with Crippen molar-refractivity contribution >= 4 is 5.78 Å². The summed E-state index contributed by atoms with van der Waals surface area (Å²) in [6.45, 7) is 5.82. The normalized spacial score (nSPS) is 16.2. The van der Waals surface area contributed by atoms with Crippen molar-refractivity contribution in [1.82, 2.24) is 0 Å². The van der Waals surface area contributed by atoms with Crippen LogP contribution in [0.3, 0.4) is 0 Å². The van der Waals surface area contributed by atoms with E-state index in [0.29, 0.717) is 0 Å². The molecule has 0 fully saturated rings. The Morgan fingerprint density at radius 2 is 1.92 bits per heavy atom. The Hall–Kier alpha value is -0.410. The number of carbonyl (C=O) groups is 1. The molecule has 0 radical (unpaired) electrons. The van der Waals surface area contributed by atoms with Crippen molar-refractivity contribution in [1.29, 1.82) is 0 Å². The fourth-order valence-corrected chi connectivity index (χ4v) is 0.946. The molecule has 0 aliphatic rings. The van der Waals surface area contributed by atoms with Gasteiger partial charge in [0.25, 0.3) is 0 Å². The first-order valence-corrected chi connectivity index (χ1v) is 4.06. The molecule has 0 aromatic rings. The van der Waals surface area contributed by atoms with Crippen molar-refractivity contribution in [3.05, 3.63) is 0 Å². The van der Waals surface area contributed by atoms with Crippen molar-refractivity contribution in [2.75, 3.05) is 20.8 Å². The molecular weight excluding hydrogens is 156 g/mol. The molecule has 0 saturated carbocycles. The molecule has 1 unspecified atom stereocenters. The van der Waals surface area contributed by atoms with E-state index in [4.69, 9.17) is 9.47 Å². The summed E-state index contributed by atoms with van der Waals surface area (Å²) in [6.07, 6.45) is 0. The molecule has 3 heteroatoms. The number of hydrogen-bond donors (Lipinski definition) is 0. The number of hydrogen-bond acceptors (Lipinski definition) is 3. The zero-order valence-electron chi connectivity index (χ0n) is 8.51. The van der Waals surface area contributed by atoms with Crippen LogP contribution in [0.15, 0.2) is 0 Å². The summed E-state index contributed by atoms with van der Waals surface area (Å²) in [6, 6.07) is 0. The summed E-state index contributed by atoms with van der Waals surface area (Å²) in [7, 11) is 3.06. The van der Waals surface area contributed by atoms with Gasteiger partial charge in [-0.05, 0) is 12.8 Å². The minimum absolute atomic E-state index is 0.0116. The van der Waals surface area contributed by atoms with E-state index in [9.17, 15) is 4.79 Å². The Morgan fingerprint density at radius 3 is 2.17 bits per heavy atom. The van der Waals surface area contributed by atoms with Crippen LogP contribution in [0, 0.1) is 5.92 Å². The van der Waals surface area contributed by atoms with Gasteiger partial charge < -0.3 is 9.47 Å². The van der Waals surface area contributed by atoms with Crippen molar-refractivity contribution in [2.24, 2.45) is 5.92 Å². The Balaban J connectivity index is 4.40. The monoisotopic (exact) mass is 174 g/mol. The van der Waals surface area contributed by atoms with Gasteiger partial charge in [0.15, 0.2) is 5.78 Å². The van der Waals surface area contributed by atoms with Gasteiger partial charge in [-0.15, -0.1) is 0 Å². The first-order chi connectivity index (χ1) is 5.49. The molecule has 12 heavy (non-hydrogen) atoms. The van der Waals surface area contributed by atoms with E-state index < -0.39 is 5.60 Å². The lowest BCUT2D eigenvalue weighted by atomic mass is 9.88. The summed E-state index contributed by atoms with van der Waals surface area (Å²) >= 11 is 0. The first kappa shape index (κ1) is 11.6. The lowest BCUT2D eigenvalue weighted by Gasteiger charge is -2.30. The van der Waals surface area contributed by atoms with Crippen molar-refractivity contribution in [3.8, 4) is 0 Å².